The Morgan fingerprint density at radius 2 is 1.97 bits per heavy atom. The number of amidine groups is 1. The highest BCUT2D eigenvalue weighted by Crippen LogP contribution is 2.79. The zero-order chi connectivity index (χ0) is 21.0. The van der Waals surface area contributed by atoms with Gasteiger partial charge in [-0.3, -0.25) is 5.73 Å². The van der Waals surface area contributed by atoms with E-state index >= 15 is 0 Å². The number of nitriles is 2. The first-order chi connectivity index (χ1) is 14.5. The number of nitrogens with zero attached hydrogens (tertiary/aromatic N) is 2. The zero-order valence-electron chi connectivity index (χ0n) is 16.5. The predicted molar refractivity (Wildman–Crippen MR) is 105 cm³/mol. The number of nitrogens with one attached hydrogen (secondary N) is 1. The van der Waals surface area contributed by atoms with Crippen LogP contribution in [0.1, 0.15) is 24.0 Å². The zero-order valence-corrected chi connectivity index (χ0v) is 16.5. The van der Waals surface area contributed by atoms with Crippen molar-refractivity contribution >= 4 is 5.84 Å². The Labute approximate surface area is 174 Å². The highest BCUT2D eigenvalue weighted by atomic mass is 16.8. The molecule has 2 fully saturated rings. The van der Waals surface area contributed by atoms with Crippen molar-refractivity contribution in [1.29, 1.82) is 10.5 Å². The van der Waals surface area contributed by atoms with Gasteiger partial charge in [0.25, 0.3) is 5.84 Å². The van der Waals surface area contributed by atoms with Gasteiger partial charge < -0.3 is 14.2 Å². The molecule has 0 bridgehead atoms. The van der Waals surface area contributed by atoms with Crippen LogP contribution in [0.4, 0.5) is 0 Å². The number of benzene rings is 2. The molecule has 7 nitrogen and oxygen atoms in total. The summed E-state index contributed by atoms with van der Waals surface area (Å²) in [5.41, 5.74) is 5.60. The Hall–Kier alpha value is -3.39. The smallest absolute Gasteiger partial charge is 0.343 e. The molecule has 0 amide bonds. The second-order valence-electron chi connectivity index (χ2n) is 8.01. The van der Waals surface area contributed by atoms with Gasteiger partial charge in [-0.15, -0.1) is 0 Å². The van der Waals surface area contributed by atoms with E-state index in [0.29, 0.717) is 19.0 Å². The maximum Gasteiger partial charge on any atom is 0.343 e. The number of rotatable bonds is 4. The van der Waals surface area contributed by atoms with Crippen LogP contribution in [0, 0.1) is 33.5 Å². The summed E-state index contributed by atoms with van der Waals surface area (Å²) in [6.45, 7) is 2.60. The normalized spacial score (nSPS) is 35.9. The Bertz CT molecular complexity index is 1120. The van der Waals surface area contributed by atoms with Crippen molar-refractivity contribution in [2.75, 3.05) is 6.61 Å². The van der Waals surface area contributed by atoms with Crippen LogP contribution >= 0.6 is 0 Å². The molecule has 2 aliphatic heterocycles. The molecule has 1 spiro atoms. The largest absolute Gasteiger partial charge is 0.489 e. The van der Waals surface area contributed by atoms with Gasteiger partial charge in [-0.1, -0.05) is 42.5 Å². The van der Waals surface area contributed by atoms with Gasteiger partial charge in [0, 0.05) is 5.92 Å². The quantitative estimate of drug-likeness (QED) is 0.787. The molecule has 0 radical (unpaired) electrons. The molecule has 1 saturated heterocycles. The van der Waals surface area contributed by atoms with Crippen molar-refractivity contribution in [3.8, 4) is 17.9 Å². The van der Waals surface area contributed by atoms with Gasteiger partial charge in [-0.2, -0.15) is 10.5 Å². The number of nitrogens with two attached hydrogens (primary N) is 1. The van der Waals surface area contributed by atoms with Crippen LogP contribution in [0.5, 0.6) is 5.75 Å². The van der Waals surface area contributed by atoms with Gasteiger partial charge in [0.15, 0.2) is 10.8 Å². The number of fused-ring (bicyclic) bond motifs is 2. The third-order valence-corrected chi connectivity index (χ3v) is 6.33. The maximum atomic E-state index is 10.2. The van der Waals surface area contributed by atoms with E-state index in [1.165, 1.54) is 0 Å². The van der Waals surface area contributed by atoms with E-state index in [2.05, 4.69) is 17.1 Å². The summed E-state index contributed by atoms with van der Waals surface area (Å²) >= 11 is 0. The molecule has 5 rings (SSSR count). The van der Waals surface area contributed by atoms with E-state index in [-0.39, 0.29) is 11.9 Å². The second-order valence-corrected chi connectivity index (χ2v) is 8.01. The first kappa shape index (κ1) is 18.6. The SMILES string of the molecule is C[C@@H]1CO[C@@]2([NH+]=C(N)[C@@]3(C#N)[C@@H](c4cccc(OCc5ccccc5)c4)[C@@]23C#N)O1. The Kier molecular flexibility index (Phi) is 3.91. The Morgan fingerprint density at radius 3 is 2.63 bits per heavy atom. The van der Waals surface area contributed by atoms with Crippen molar-refractivity contribution in [2.45, 2.75) is 31.5 Å². The lowest BCUT2D eigenvalue weighted by Gasteiger charge is -2.24. The van der Waals surface area contributed by atoms with Gasteiger partial charge in [-0.05, 0) is 30.2 Å². The minimum atomic E-state index is -1.42. The maximum absolute atomic E-state index is 10.2. The van der Waals surface area contributed by atoms with Crippen LogP contribution in [0.2, 0.25) is 0 Å². The van der Waals surface area contributed by atoms with Gasteiger partial charge >= 0.3 is 5.91 Å². The molecule has 3 aliphatic rings. The van der Waals surface area contributed by atoms with Gasteiger partial charge in [0.05, 0.1) is 24.8 Å². The molecule has 7 heteroatoms. The van der Waals surface area contributed by atoms with E-state index in [4.69, 9.17) is 19.9 Å². The summed E-state index contributed by atoms with van der Waals surface area (Å²) in [7, 11) is 0. The van der Waals surface area contributed by atoms with Crippen molar-refractivity contribution < 1.29 is 19.2 Å². The van der Waals surface area contributed by atoms with Crippen LogP contribution < -0.4 is 15.5 Å². The molecule has 1 aliphatic carbocycles. The van der Waals surface area contributed by atoms with Gasteiger partial charge in [0.2, 0.25) is 0 Å². The highest BCUT2D eigenvalue weighted by Gasteiger charge is 2.97. The van der Waals surface area contributed by atoms with Crippen LogP contribution in [0.3, 0.4) is 0 Å². The fourth-order valence-corrected chi connectivity index (χ4v) is 4.99. The number of ether oxygens (including phenoxy) is 3. The highest BCUT2D eigenvalue weighted by molar-refractivity contribution is 5.95. The third-order valence-electron chi connectivity index (χ3n) is 6.33. The molecular formula is C23H21N4O3+. The van der Waals surface area contributed by atoms with E-state index in [0.717, 1.165) is 11.1 Å². The molecule has 150 valence electrons. The van der Waals surface area contributed by atoms with E-state index in [1.807, 2.05) is 61.5 Å². The van der Waals surface area contributed by atoms with Crippen molar-refractivity contribution in [3.63, 3.8) is 0 Å². The average Bonchev–Trinajstić information content (AvgIpc) is 3.17. The molecule has 0 unspecified atom stereocenters. The van der Waals surface area contributed by atoms with Crippen molar-refractivity contribution in [3.05, 3.63) is 65.7 Å². The fraction of sp³-hybridized carbons (Fsp3) is 0.348. The molecule has 3 N–H and O–H groups in total. The molecule has 2 heterocycles. The molecule has 2 aromatic rings. The molecular weight excluding hydrogens is 380 g/mol. The minimum absolute atomic E-state index is 0.209. The molecule has 1 saturated carbocycles. The van der Waals surface area contributed by atoms with Gasteiger partial charge in [-0.25, -0.2) is 4.99 Å². The van der Waals surface area contributed by atoms with E-state index in [9.17, 15) is 10.5 Å². The minimum Gasteiger partial charge on any atom is -0.489 e. The summed E-state index contributed by atoms with van der Waals surface area (Å²) in [5.74, 6) is -1.05. The van der Waals surface area contributed by atoms with E-state index in [1.54, 1.807) is 0 Å². The predicted octanol–water partition coefficient (Wildman–Crippen LogP) is 0.923. The molecule has 30 heavy (non-hydrogen) atoms. The summed E-state index contributed by atoms with van der Waals surface area (Å²) in [5, 5.41) is 20.4. The lowest BCUT2D eigenvalue weighted by molar-refractivity contribution is -0.677. The fourth-order valence-electron chi connectivity index (χ4n) is 4.99. The summed E-state index contributed by atoms with van der Waals surface area (Å²) in [6, 6.07) is 22.0. The van der Waals surface area contributed by atoms with Gasteiger partial charge in [0.1, 0.15) is 12.4 Å². The first-order valence-corrected chi connectivity index (χ1v) is 9.85. The summed E-state index contributed by atoms with van der Waals surface area (Å²) < 4.78 is 17.9. The first-order valence-electron chi connectivity index (χ1n) is 9.85. The third kappa shape index (κ3) is 2.16. The molecule has 5 atom stereocenters. The van der Waals surface area contributed by atoms with E-state index < -0.39 is 22.7 Å². The summed E-state index contributed by atoms with van der Waals surface area (Å²) in [6.07, 6.45) is -0.216. The summed E-state index contributed by atoms with van der Waals surface area (Å²) in [4.78, 5) is 2.98. The standard InChI is InChI=1S/C23H20N4O3/c1-15-11-29-23(30-15)22(14-25)19(21(22,13-24)20(26)27-23)17-8-5-9-18(10-17)28-12-16-6-3-2-4-7-16/h2-10,15,19H,11-12H2,1H3,(H2,26,27)/p+1/t15-,19-,21-,22-,23-/m1/s1. The van der Waals surface area contributed by atoms with Crippen LogP contribution in [-0.2, 0) is 16.1 Å². The van der Waals surface area contributed by atoms with Crippen molar-refractivity contribution in [2.24, 2.45) is 16.6 Å². The van der Waals surface area contributed by atoms with Crippen LogP contribution in [-0.4, -0.2) is 24.5 Å². The topological polar surface area (TPSA) is 115 Å². The molecule has 0 aromatic heterocycles. The Morgan fingerprint density at radius 1 is 1.17 bits per heavy atom. The van der Waals surface area contributed by atoms with Crippen LogP contribution in [0.25, 0.3) is 0 Å². The lowest BCUT2D eigenvalue weighted by Crippen LogP contribution is -2.90. The van der Waals surface area contributed by atoms with Crippen LogP contribution in [0.15, 0.2) is 54.6 Å². The average molecular weight is 401 g/mol. The number of hydrogen-bond acceptors (Lipinski definition) is 6. The van der Waals surface area contributed by atoms with Crippen molar-refractivity contribution in [1.82, 2.24) is 0 Å². The Balaban J connectivity index is 1.50. The number of hydrogen-bond donors (Lipinski definition) is 2. The second kappa shape index (κ2) is 6.30. The molecule has 2 aromatic carbocycles. The lowest BCUT2D eigenvalue weighted by atomic mass is 9.94. The monoisotopic (exact) mass is 401 g/mol.